The molecule has 1 rings (SSSR count). The zero-order valence-corrected chi connectivity index (χ0v) is 10.9. The van der Waals surface area contributed by atoms with Crippen molar-refractivity contribution in [1.82, 2.24) is 10.2 Å². The van der Waals surface area contributed by atoms with Crippen molar-refractivity contribution >= 4 is 11.9 Å². The minimum absolute atomic E-state index is 0.0763. The van der Waals surface area contributed by atoms with Crippen LogP contribution in [-0.2, 0) is 14.3 Å². The van der Waals surface area contributed by atoms with Crippen molar-refractivity contribution in [3.05, 3.63) is 0 Å². The third-order valence-corrected chi connectivity index (χ3v) is 2.95. The molecule has 1 saturated heterocycles. The second-order valence-corrected chi connectivity index (χ2v) is 4.31. The molecular formula is C12H22N2O4. The number of nitrogens with one attached hydrogen (secondary N) is 1. The van der Waals surface area contributed by atoms with Gasteiger partial charge in [0.15, 0.2) is 0 Å². The predicted molar refractivity (Wildman–Crippen MR) is 65.9 cm³/mol. The Kier molecular flexibility index (Phi) is 6.67. The zero-order valence-electron chi connectivity index (χ0n) is 10.9. The number of likely N-dealkylation sites (tertiary alicyclic amines) is 1. The minimum atomic E-state index is -0.307. The molecule has 1 amide bonds. The van der Waals surface area contributed by atoms with Gasteiger partial charge in [-0.25, -0.2) is 0 Å². The highest BCUT2D eigenvalue weighted by atomic mass is 16.5. The third-order valence-electron chi connectivity index (χ3n) is 2.95. The van der Waals surface area contributed by atoms with Gasteiger partial charge in [-0.15, -0.1) is 0 Å². The number of esters is 1. The molecule has 0 aromatic rings. The van der Waals surface area contributed by atoms with Crippen LogP contribution in [0.2, 0.25) is 0 Å². The fraction of sp³-hybridized carbons (Fsp3) is 0.833. The topological polar surface area (TPSA) is 78.9 Å². The summed E-state index contributed by atoms with van der Waals surface area (Å²) >= 11 is 0. The first-order chi connectivity index (χ1) is 8.69. The molecule has 1 fully saturated rings. The van der Waals surface area contributed by atoms with Gasteiger partial charge < -0.3 is 15.2 Å². The van der Waals surface area contributed by atoms with Crippen LogP contribution in [0.1, 0.15) is 26.2 Å². The Hall–Kier alpha value is -1.14. The standard InChI is InChI=1S/C12H22N2O4/c1-2-18-12(17)10-5-3-4-7-14(10)9-11(16)13-6-8-15/h10,15H,2-9H2,1H3,(H,13,16). The average Bonchev–Trinajstić information content (AvgIpc) is 2.37. The molecule has 0 spiro atoms. The first-order valence-electron chi connectivity index (χ1n) is 6.47. The Labute approximate surface area is 107 Å². The normalized spacial score (nSPS) is 20.4. The molecular weight excluding hydrogens is 236 g/mol. The van der Waals surface area contributed by atoms with Gasteiger partial charge in [-0.1, -0.05) is 6.42 Å². The number of ether oxygens (including phenoxy) is 1. The summed E-state index contributed by atoms with van der Waals surface area (Å²) in [5, 5.41) is 11.2. The molecule has 0 aromatic carbocycles. The maximum absolute atomic E-state index is 11.8. The van der Waals surface area contributed by atoms with E-state index in [2.05, 4.69) is 5.32 Å². The largest absolute Gasteiger partial charge is 0.465 e. The maximum Gasteiger partial charge on any atom is 0.323 e. The van der Waals surface area contributed by atoms with Gasteiger partial charge in [0, 0.05) is 6.54 Å². The van der Waals surface area contributed by atoms with Crippen LogP contribution in [0.3, 0.4) is 0 Å². The highest BCUT2D eigenvalue weighted by molar-refractivity contribution is 5.80. The van der Waals surface area contributed by atoms with Crippen LogP contribution in [0.4, 0.5) is 0 Å². The second kappa shape index (κ2) is 8.05. The molecule has 0 saturated carbocycles. The molecule has 1 atom stereocenters. The molecule has 0 aromatic heterocycles. The van der Waals surface area contributed by atoms with Crippen LogP contribution in [0.15, 0.2) is 0 Å². The Morgan fingerprint density at radius 1 is 1.44 bits per heavy atom. The number of hydrogen-bond acceptors (Lipinski definition) is 5. The van der Waals surface area contributed by atoms with Crippen LogP contribution in [0.25, 0.3) is 0 Å². The maximum atomic E-state index is 11.8. The second-order valence-electron chi connectivity index (χ2n) is 4.31. The predicted octanol–water partition coefficient (Wildman–Crippen LogP) is -0.487. The van der Waals surface area contributed by atoms with Crippen molar-refractivity contribution in [2.75, 3.05) is 32.8 Å². The Morgan fingerprint density at radius 3 is 2.89 bits per heavy atom. The van der Waals surface area contributed by atoms with Crippen molar-refractivity contribution in [3.63, 3.8) is 0 Å². The van der Waals surface area contributed by atoms with E-state index in [0.29, 0.717) is 6.61 Å². The van der Waals surface area contributed by atoms with Gasteiger partial charge >= 0.3 is 5.97 Å². The highest BCUT2D eigenvalue weighted by Crippen LogP contribution is 2.17. The lowest BCUT2D eigenvalue weighted by molar-refractivity contribution is -0.151. The van der Waals surface area contributed by atoms with Crippen LogP contribution in [0.5, 0.6) is 0 Å². The van der Waals surface area contributed by atoms with Crippen molar-refractivity contribution < 1.29 is 19.4 Å². The van der Waals surface area contributed by atoms with Crippen LogP contribution in [0, 0.1) is 0 Å². The summed E-state index contributed by atoms with van der Waals surface area (Å²) in [5.74, 6) is -0.410. The smallest absolute Gasteiger partial charge is 0.323 e. The van der Waals surface area contributed by atoms with Gasteiger partial charge in [-0.05, 0) is 26.3 Å². The van der Waals surface area contributed by atoms with Crippen molar-refractivity contribution in [2.45, 2.75) is 32.2 Å². The van der Waals surface area contributed by atoms with Crippen LogP contribution < -0.4 is 5.32 Å². The van der Waals surface area contributed by atoms with Crippen LogP contribution >= 0.6 is 0 Å². The lowest BCUT2D eigenvalue weighted by Gasteiger charge is -2.33. The van der Waals surface area contributed by atoms with E-state index in [1.807, 2.05) is 4.90 Å². The Bertz CT molecular complexity index is 283. The molecule has 6 nitrogen and oxygen atoms in total. The van der Waals surface area contributed by atoms with Gasteiger partial charge in [0.1, 0.15) is 6.04 Å². The van der Waals surface area contributed by atoms with E-state index >= 15 is 0 Å². The van der Waals surface area contributed by atoms with Gasteiger partial charge in [-0.3, -0.25) is 14.5 Å². The van der Waals surface area contributed by atoms with E-state index in [1.165, 1.54) is 0 Å². The fourth-order valence-electron chi connectivity index (χ4n) is 2.12. The quantitative estimate of drug-likeness (QED) is 0.629. The molecule has 1 aliphatic heterocycles. The lowest BCUT2D eigenvalue weighted by Crippen LogP contribution is -2.49. The Balaban J connectivity index is 2.48. The summed E-state index contributed by atoms with van der Waals surface area (Å²) in [6.45, 7) is 3.22. The molecule has 0 radical (unpaired) electrons. The number of carbonyl (C=O) groups excluding carboxylic acids is 2. The molecule has 104 valence electrons. The SMILES string of the molecule is CCOC(=O)C1CCCCN1CC(=O)NCCO. The van der Waals surface area contributed by atoms with Crippen molar-refractivity contribution in [3.8, 4) is 0 Å². The molecule has 0 bridgehead atoms. The molecule has 1 aliphatic rings. The highest BCUT2D eigenvalue weighted by Gasteiger charge is 2.30. The Morgan fingerprint density at radius 2 is 2.22 bits per heavy atom. The molecule has 1 heterocycles. The van der Waals surface area contributed by atoms with Crippen molar-refractivity contribution in [1.29, 1.82) is 0 Å². The first kappa shape index (κ1) is 14.9. The van der Waals surface area contributed by atoms with Gasteiger partial charge in [0.2, 0.25) is 5.91 Å². The number of carbonyl (C=O) groups is 2. The molecule has 6 heteroatoms. The third kappa shape index (κ3) is 4.62. The van der Waals surface area contributed by atoms with Crippen LogP contribution in [-0.4, -0.2) is 60.8 Å². The van der Waals surface area contributed by atoms with E-state index in [4.69, 9.17) is 9.84 Å². The molecule has 2 N–H and O–H groups in total. The zero-order chi connectivity index (χ0) is 13.4. The average molecular weight is 258 g/mol. The van der Waals surface area contributed by atoms with Gasteiger partial charge in [0.05, 0.1) is 19.8 Å². The monoisotopic (exact) mass is 258 g/mol. The number of piperidine rings is 1. The summed E-state index contributed by atoms with van der Waals surface area (Å²) in [4.78, 5) is 25.2. The molecule has 0 aliphatic carbocycles. The number of aliphatic hydroxyl groups excluding tert-OH is 1. The van der Waals surface area contributed by atoms with E-state index in [1.54, 1.807) is 6.92 Å². The summed E-state index contributed by atoms with van der Waals surface area (Å²) < 4.78 is 5.02. The van der Waals surface area contributed by atoms with E-state index in [0.717, 1.165) is 25.8 Å². The summed E-state index contributed by atoms with van der Waals surface area (Å²) in [7, 11) is 0. The number of nitrogens with zero attached hydrogens (tertiary/aromatic N) is 1. The first-order valence-corrected chi connectivity index (χ1v) is 6.47. The van der Waals surface area contributed by atoms with Gasteiger partial charge in [-0.2, -0.15) is 0 Å². The fourth-order valence-corrected chi connectivity index (χ4v) is 2.12. The minimum Gasteiger partial charge on any atom is -0.465 e. The summed E-state index contributed by atoms with van der Waals surface area (Å²) in [6, 6.07) is -0.307. The van der Waals surface area contributed by atoms with Crippen molar-refractivity contribution in [2.24, 2.45) is 0 Å². The number of aliphatic hydroxyl groups is 1. The van der Waals surface area contributed by atoms with E-state index in [9.17, 15) is 9.59 Å². The number of amides is 1. The molecule has 18 heavy (non-hydrogen) atoms. The van der Waals surface area contributed by atoms with E-state index in [-0.39, 0.29) is 37.6 Å². The number of rotatable bonds is 6. The van der Waals surface area contributed by atoms with Gasteiger partial charge in [0.25, 0.3) is 0 Å². The van der Waals surface area contributed by atoms with E-state index < -0.39 is 0 Å². The molecule has 1 unspecified atom stereocenters. The summed E-state index contributed by atoms with van der Waals surface area (Å²) in [5.41, 5.74) is 0. The summed E-state index contributed by atoms with van der Waals surface area (Å²) in [6.07, 6.45) is 2.72. The lowest BCUT2D eigenvalue weighted by atomic mass is 10.0. The number of hydrogen-bond donors (Lipinski definition) is 2.